The van der Waals surface area contributed by atoms with Gasteiger partial charge in [0.25, 0.3) is 0 Å². The highest BCUT2D eigenvalue weighted by atomic mass is 79.9. The third-order valence-electron chi connectivity index (χ3n) is 8.47. The molecule has 2 aliphatic carbocycles. The fraction of sp³-hybridized carbons (Fsp3) is 0.324. The Bertz CT molecular complexity index is 1620. The van der Waals surface area contributed by atoms with Gasteiger partial charge in [-0.3, -0.25) is 14.4 Å². The van der Waals surface area contributed by atoms with Gasteiger partial charge in [0.2, 0.25) is 0 Å². The quantitative estimate of drug-likeness (QED) is 0.285. The van der Waals surface area contributed by atoms with E-state index in [4.69, 9.17) is 9.47 Å². The third-order valence-corrected chi connectivity index (χ3v) is 9.06. The van der Waals surface area contributed by atoms with Crippen molar-refractivity contribution >= 4 is 44.2 Å². The van der Waals surface area contributed by atoms with Crippen LogP contribution in [0.25, 0.3) is 10.8 Å². The predicted molar refractivity (Wildman–Crippen MR) is 162 cm³/mol. The molecule has 1 heterocycles. The smallest absolute Gasteiger partial charge is 0.305 e. The maximum absolute atomic E-state index is 13.5. The van der Waals surface area contributed by atoms with E-state index < -0.39 is 11.9 Å². The van der Waals surface area contributed by atoms with E-state index in [0.29, 0.717) is 72.2 Å². The fourth-order valence-corrected chi connectivity index (χ4v) is 7.22. The van der Waals surface area contributed by atoms with Crippen LogP contribution in [0.1, 0.15) is 62.0 Å². The van der Waals surface area contributed by atoms with Gasteiger partial charge < -0.3 is 19.5 Å². The minimum absolute atomic E-state index is 0.0119. The molecule has 1 aliphatic heterocycles. The first kappa shape index (κ1) is 28.2. The molecule has 42 heavy (non-hydrogen) atoms. The first-order chi connectivity index (χ1) is 20.4. The van der Waals surface area contributed by atoms with Gasteiger partial charge in [-0.05, 0) is 75.6 Å². The SMILES string of the molecule is COc1cc(C2C3=C(CCCC3=O)N(CCC(=O)O)C3=C2C(=O)CCC3)cc(Br)c1OCc1cccc2ccccc12. The number of ketones is 2. The summed E-state index contributed by atoms with van der Waals surface area (Å²) in [7, 11) is 1.58. The fourth-order valence-electron chi connectivity index (χ4n) is 6.64. The summed E-state index contributed by atoms with van der Waals surface area (Å²) in [5, 5.41) is 11.7. The van der Waals surface area contributed by atoms with Gasteiger partial charge in [0.05, 0.1) is 18.0 Å². The summed E-state index contributed by atoms with van der Waals surface area (Å²) in [6.45, 7) is 0.577. The van der Waals surface area contributed by atoms with Crippen LogP contribution in [-0.2, 0) is 21.0 Å². The number of carbonyl (C=O) groups is 3. The van der Waals surface area contributed by atoms with E-state index in [0.717, 1.165) is 33.3 Å². The summed E-state index contributed by atoms with van der Waals surface area (Å²) >= 11 is 3.71. The number of methoxy groups -OCH3 is 1. The molecule has 1 N–H and O–H groups in total. The Labute approximate surface area is 252 Å². The van der Waals surface area contributed by atoms with Crippen LogP contribution >= 0.6 is 15.9 Å². The second-order valence-electron chi connectivity index (χ2n) is 11.0. The molecule has 216 valence electrons. The monoisotopic (exact) mass is 629 g/mol. The predicted octanol–water partition coefficient (Wildman–Crippen LogP) is 7.08. The molecular weight excluding hydrogens is 598 g/mol. The zero-order valence-corrected chi connectivity index (χ0v) is 25.0. The summed E-state index contributed by atoms with van der Waals surface area (Å²) in [5.41, 5.74) is 4.76. The number of fused-ring (bicyclic) bond motifs is 1. The van der Waals surface area contributed by atoms with E-state index in [1.54, 1.807) is 7.11 Å². The average molecular weight is 631 g/mol. The molecule has 0 amide bonds. The lowest BCUT2D eigenvalue weighted by Crippen LogP contribution is -2.39. The van der Waals surface area contributed by atoms with Crippen LogP contribution in [0.4, 0.5) is 0 Å². The van der Waals surface area contributed by atoms with Crippen LogP contribution < -0.4 is 9.47 Å². The largest absolute Gasteiger partial charge is 0.493 e. The van der Waals surface area contributed by atoms with Gasteiger partial charge in [0, 0.05) is 47.8 Å². The molecule has 0 saturated carbocycles. The van der Waals surface area contributed by atoms with E-state index in [9.17, 15) is 19.5 Å². The lowest BCUT2D eigenvalue weighted by molar-refractivity contribution is -0.137. The van der Waals surface area contributed by atoms with E-state index in [1.165, 1.54) is 0 Å². The van der Waals surface area contributed by atoms with Crippen molar-refractivity contribution in [3.63, 3.8) is 0 Å². The van der Waals surface area contributed by atoms with Gasteiger partial charge in [-0.25, -0.2) is 0 Å². The van der Waals surface area contributed by atoms with E-state index >= 15 is 0 Å². The first-order valence-electron chi connectivity index (χ1n) is 14.4. The van der Waals surface area contributed by atoms with Crippen molar-refractivity contribution in [1.82, 2.24) is 4.90 Å². The van der Waals surface area contributed by atoms with Crippen molar-refractivity contribution in [3.8, 4) is 11.5 Å². The molecule has 0 aromatic heterocycles. The number of hydrogen-bond donors (Lipinski definition) is 1. The van der Waals surface area contributed by atoms with Gasteiger partial charge in [-0.1, -0.05) is 42.5 Å². The number of carbonyl (C=O) groups excluding carboxylic acids is 2. The van der Waals surface area contributed by atoms with Crippen molar-refractivity contribution in [2.24, 2.45) is 0 Å². The minimum Gasteiger partial charge on any atom is -0.493 e. The summed E-state index contributed by atoms with van der Waals surface area (Å²) < 4.78 is 12.8. The van der Waals surface area contributed by atoms with Gasteiger partial charge in [0.1, 0.15) is 6.61 Å². The average Bonchev–Trinajstić information content (AvgIpc) is 2.98. The molecule has 0 atom stereocenters. The van der Waals surface area contributed by atoms with Gasteiger partial charge >= 0.3 is 5.97 Å². The summed E-state index contributed by atoms with van der Waals surface area (Å²) in [5.74, 6) is -0.367. The van der Waals surface area contributed by atoms with E-state index in [1.807, 2.05) is 41.3 Å². The number of halogens is 1. The molecular formula is C34H32BrNO6. The van der Waals surface area contributed by atoms with Crippen LogP contribution in [0.2, 0.25) is 0 Å². The maximum Gasteiger partial charge on any atom is 0.305 e. The molecule has 0 bridgehead atoms. The number of benzene rings is 3. The first-order valence-corrected chi connectivity index (χ1v) is 15.1. The molecule has 0 saturated heterocycles. The van der Waals surface area contributed by atoms with E-state index in [-0.39, 0.29) is 24.5 Å². The second kappa shape index (κ2) is 11.8. The molecule has 3 aromatic rings. The zero-order chi connectivity index (χ0) is 29.4. The van der Waals surface area contributed by atoms with Crippen LogP contribution in [0.5, 0.6) is 11.5 Å². The topological polar surface area (TPSA) is 93.1 Å². The lowest BCUT2D eigenvalue weighted by Gasteiger charge is -2.44. The highest BCUT2D eigenvalue weighted by Gasteiger charge is 2.43. The van der Waals surface area contributed by atoms with Crippen molar-refractivity contribution in [2.75, 3.05) is 13.7 Å². The summed E-state index contributed by atoms with van der Waals surface area (Å²) in [4.78, 5) is 40.6. The Balaban J connectivity index is 1.42. The number of carboxylic acids is 1. The molecule has 3 aliphatic rings. The minimum atomic E-state index is -0.904. The number of rotatable bonds is 8. The number of Topliss-reactive ketones (excluding diaryl/α,β-unsaturated/α-hetero) is 2. The molecule has 0 fully saturated rings. The van der Waals surface area contributed by atoms with Crippen LogP contribution in [0.15, 0.2) is 81.6 Å². The normalized spacial score (nSPS) is 17.4. The molecule has 7 nitrogen and oxygen atoms in total. The molecule has 0 spiro atoms. The maximum atomic E-state index is 13.5. The zero-order valence-electron chi connectivity index (χ0n) is 23.5. The van der Waals surface area contributed by atoms with Crippen LogP contribution in [-0.4, -0.2) is 41.2 Å². The molecule has 8 heteroatoms. The second-order valence-corrected chi connectivity index (χ2v) is 11.8. The number of nitrogens with zero attached hydrogens (tertiary/aromatic N) is 1. The highest BCUT2D eigenvalue weighted by molar-refractivity contribution is 9.10. The highest BCUT2D eigenvalue weighted by Crippen LogP contribution is 2.51. The van der Waals surface area contributed by atoms with Gasteiger partial charge in [0.15, 0.2) is 23.1 Å². The third kappa shape index (κ3) is 5.13. The van der Waals surface area contributed by atoms with Crippen molar-refractivity contribution < 1.29 is 29.0 Å². The van der Waals surface area contributed by atoms with Crippen LogP contribution in [0.3, 0.4) is 0 Å². The molecule has 0 radical (unpaired) electrons. The number of allylic oxidation sites excluding steroid dienone is 4. The van der Waals surface area contributed by atoms with E-state index in [2.05, 4.69) is 34.1 Å². The summed E-state index contributed by atoms with van der Waals surface area (Å²) in [6.07, 6.45) is 3.51. The van der Waals surface area contributed by atoms with Crippen molar-refractivity contribution in [2.45, 2.75) is 57.5 Å². The number of hydrogen-bond acceptors (Lipinski definition) is 6. The Morgan fingerprint density at radius 2 is 1.62 bits per heavy atom. The Morgan fingerprint density at radius 1 is 0.952 bits per heavy atom. The Kier molecular flexibility index (Phi) is 7.90. The molecule has 0 unspecified atom stereocenters. The van der Waals surface area contributed by atoms with Crippen molar-refractivity contribution in [1.29, 1.82) is 0 Å². The summed E-state index contributed by atoms with van der Waals surface area (Å²) in [6, 6.07) is 18.1. The lowest BCUT2D eigenvalue weighted by atomic mass is 9.71. The standard InChI is InChI=1S/C34H32BrNO6/c1-41-29-18-22(17-24(35)34(29)42-19-21-9-4-8-20-7-2-3-10-23(20)21)31-32-25(11-5-13-27(32)37)36(16-15-30(39)40)26-12-6-14-28(38)33(26)31/h2-4,7-10,17-18,31H,5-6,11-16,19H2,1H3,(H,39,40). The van der Waals surface area contributed by atoms with Gasteiger partial charge in [-0.2, -0.15) is 0 Å². The van der Waals surface area contributed by atoms with Crippen LogP contribution in [0, 0.1) is 0 Å². The van der Waals surface area contributed by atoms with Crippen molar-refractivity contribution in [3.05, 3.63) is 92.7 Å². The number of aliphatic carboxylic acids is 1. The van der Waals surface area contributed by atoms with Gasteiger partial charge in [-0.15, -0.1) is 0 Å². The number of ether oxygens (including phenoxy) is 2. The molecule has 6 rings (SSSR count). The Morgan fingerprint density at radius 3 is 2.29 bits per heavy atom. The molecule has 3 aromatic carbocycles. The number of carboxylic acid groups (broad SMARTS) is 1. The Hall–Kier alpha value is -3.91.